The second-order valence-electron chi connectivity index (χ2n) is 8.27. The van der Waals surface area contributed by atoms with Crippen molar-refractivity contribution in [2.75, 3.05) is 6.54 Å². The fourth-order valence-corrected chi connectivity index (χ4v) is 3.92. The molecule has 33 heavy (non-hydrogen) atoms. The average molecular weight is 463 g/mol. The van der Waals surface area contributed by atoms with Gasteiger partial charge in [-0.2, -0.15) is 0 Å². The predicted molar refractivity (Wildman–Crippen MR) is 134 cm³/mol. The maximum absolute atomic E-state index is 13.6. The predicted octanol–water partition coefficient (Wildman–Crippen LogP) is 5.36. The molecule has 1 atom stereocenters. The summed E-state index contributed by atoms with van der Waals surface area (Å²) >= 11 is 6.34. The van der Waals surface area contributed by atoms with E-state index < -0.39 is 6.04 Å². The number of carbonyl (C=O) groups is 2. The third-order valence-corrected chi connectivity index (χ3v) is 5.96. The van der Waals surface area contributed by atoms with Gasteiger partial charge < -0.3 is 10.2 Å². The van der Waals surface area contributed by atoms with Crippen LogP contribution in [0.15, 0.2) is 78.9 Å². The van der Waals surface area contributed by atoms with Crippen LogP contribution in [0, 0.1) is 6.92 Å². The van der Waals surface area contributed by atoms with E-state index in [1.807, 2.05) is 86.6 Å². The van der Waals surface area contributed by atoms with Crippen molar-refractivity contribution >= 4 is 23.4 Å². The van der Waals surface area contributed by atoms with Gasteiger partial charge in [0.15, 0.2) is 0 Å². The Morgan fingerprint density at radius 3 is 2.24 bits per heavy atom. The summed E-state index contributed by atoms with van der Waals surface area (Å²) in [6.45, 7) is 4.96. The summed E-state index contributed by atoms with van der Waals surface area (Å²) in [4.78, 5) is 28.6. The molecule has 3 aromatic rings. The minimum Gasteiger partial charge on any atom is -0.354 e. The summed E-state index contributed by atoms with van der Waals surface area (Å²) in [5, 5.41) is 3.55. The van der Waals surface area contributed by atoms with Gasteiger partial charge in [-0.05, 0) is 36.1 Å². The van der Waals surface area contributed by atoms with Crippen molar-refractivity contribution in [2.24, 2.45) is 0 Å². The van der Waals surface area contributed by atoms with Crippen LogP contribution in [0.2, 0.25) is 5.02 Å². The number of hydrogen-bond acceptors (Lipinski definition) is 2. The number of benzene rings is 3. The Balaban J connectivity index is 1.95. The maximum Gasteiger partial charge on any atom is 0.243 e. The van der Waals surface area contributed by atoms with E-state index in [1.54, 1.807) is 11.0 Å². The number of aryl methyl sites for hydroxylation is 1. The van der Waals surface area contributed by atoms with Crippen molar-refractivity contribution in [1.29, 1.82) is 0 Å². The van der Waals surface area contributed by atoms with Gasteiger partial charge in [0.1, 0.15) is 6.04 Å². The minimum absolute atomic E-state index is 0.128. The lowest BCUT2D eigenvalue weighted by Crippen LogP contribution is -2.51. The average Bonchev–Trinajstić information content (AvgIpc) is 2.83. The Kier molecular flexibility index (Phi) is 9.08. The first kappa shape index (κ1) is 24.5. The van der Waals surface area contributed by atoms with Gasteiger partial charge in [-0.3, -0.25) is 9.59 Å². The van der Waals surface area contributed by atoms with Crippen molar-refractivity contribution in [3.63, 3.8) is 0 Å². The number of halogens is 1. The van der Waals surface area contributed by atoms with Crippen molar-refractivity contribution in [3.8, 4) is 0 Å². The third kappa shape index (κ3) is 7.19. The van der Waals surface area contributed by atoms with Crippen LogP contribution in [-0.4, -0.2) is 29.3 Å². The number of nitrogens with zero attached hydrogens (tertiary/aromatic N) is 1. The van der Waals surface area contributed by atoms with Gasteiger partial charge >= 0.3 is 0 Å². The van der Waals surface area contributed by atoms with Gasteiger partial charge in [-0.15, -0.1) is 0 Å². The second kappa shape index (κ2) is 12.2. The smallest absolute Gasteiger partial charge is 0.243 e. The Morgan fingerprint density at radius 2 is 1.58 bits per heavy atom. The Morgan fingerprint density at radius 1 is 0.909 bits per heavy atom. The van der Waals surface area contributed by atoms with Crippen LogP contribution in [0.4, 0.5) is 0 Å². The van der Waals surface area contributed by atoms with Crippen molar-refractivity contribution in [2.45, 2.75) is 45.7 Å². The molecule has 0 saturated heterocycles. The van der Waals surface area contributed by atoms with E-state index in [0.29, 0.717) is 24.5 Å². The molecule has 4 nitrogen and oxygen atoms in total. The molecule has 0 radical (unpaired) electrons. The summed E-state index contributed by atoms with van der Waals surface area (Å²) in [5.74, 6) is -0.267. The summed E-state index contributed by atoms with van der Waals surface area (Å²) in [6, 6.07) is 24.6. The van der Waals surface area contributed by atoms with E-state index in [0.717, 1.165) is 28.7 Å². The van der Waals surface area contributed by atoms with E-state index >= 15 is 0 Å². The van der Waals surface area contributed by atoms with Crippen LogP contribution < -0.4 is 5.32 Å². The third-order valence-electron chi connectivity index (χ3n) is 5.59. The van der Waals surface area contributed by atoms with E-state index in [9.17, 15) is 9.59 Å². The zero-order valence-electron chi connectivity index (χ0n) is 19.3. The highest BCUT2D eigenvalue weighted by Crippen LogP contribution is 2.20. The molecule has 0 aliphatic carbocycles. The van der Waals surface area contributed by atoms with Crippen LogP contribution in [0.1, 0.15) is 35.6 Å². The maximum atomic E-state index is 13.6. The number of hydrogen-bond donors (Lipinski definition) is 1. The molecule has 0 saturated carbocycles. The molecule has 0 fully saturated rings. The number of amides is 2. The van der Waals surface area contributed by atoms with E-state index in [2.05, 4.69) is 5.32 Å². The zero-order chi connectivity index (χ0) is 23.6. The number of carbonyl (C=O) groups excluding carboxylic acids is 2. The zero-order valence-corrected chi connectivity index (χ0v) is 20.0. The summed E-state index contributed by atoms with van der Waals surface area (Å²) in [5.41, 5.74) is 3.89. The standard InChI is InChI=1S/C28H31ClN2O2/c1-3-17-30-28(33)26(18-22-9-5-4-6-10-22)31(20-23-15-13-21(2)14-16-23)27(32)19-24-11-7-8-12-25(24)29/h4-16,26H,3,17-20H2,1-2H3,(H,30,33). The molecule has 1 unspecified atom stereocenters. The normalized spacial score (nSPS) is 11.6. The second-order valence-corrected chi connectivity index (χ2v) is 8.68. The fraction of sp³-hybridized carbons (Fsp3) is 0.286. The summed E-state index contributed by atoms with van der Waals surface area (Å²) in [6.07, 6.45) is 1.41. The SMILES string of the molecule is CCCNC(=O)C(Cc1ccccc1)N(Cc1ccc(C)cc1)C(=O)Cc1ccccc1Cl. The quantitative estimate of drug-likeness (QED) is 0.441. The van der Waals surface area contributed by atoms with Crippen molar-refractivity contribution in [3.05, 3.63) is 106 Å². The molecular weight excluding hydrogens is 432 g/mol. The molecule has 2 amide bonds. The lowest BCUT2D eigenvalue weighted by molar-refractivity contribution is -0.140. The molecule has 0 aliphatic rings. The molecule has 5 heteroatoms. The van der Waals surface area contributed by atoms with Gasteiger partial charge in [-0.25, -0.2) is 0 Å². The van der Waals surface area contributed by atoms with Crippen molar-refractivity contribution in [1.82, 2.24) is 10.2 Å². The molecule has 0 aliphatic heterocycles. The highest BCUT2D eigenvalue weighted by atomic mass is 35.5. The Bertz CT molecular complexity index is 1050. The highest BCUT2D eigenvalue weighted by Gasteiger charge is 2.30. The Labute approximate surface area is 201 Å². The molecule has 1 N–H and O–H groups in total. The van der Waals surface area contributed by atoms with Gasteiger partial charge in [0, 0.05) is 24.5 Å². The highest BCUT2D eigenvalue weighted by molar-refractivity contribution is 6.31. The first-order valence-corrected chi connectivity index (χ1v) is 11.8. The van der Waals surface area contributed by atoms with Gasteiger partial charge in [0.05, 0.1) is 6.42 Å². The topological polar surface area (TPSA) is 49.4 Å². The first-order valence-electron chi connectivity index (χ1n) is 11.4. The molecular formula is C28H31ClN2O2. The molecule has 0 aromatic heterocycles. The van der Waals surface area contributed by atoms with E-state index in [-0.39, 0.29) is 18.2 Å². The van der Waals surface area contributed by atoms with Crippen LogP contribution in [0.3, 0.4) is 0 Å². The lowest BCUT2D eigenvalue weighted by atomic mass is 10.0. The van der Waals surface area contributed by atoms with Gasteiger partial charge in [0.25, 0.3) is 0 Å². The molecule has 0 heterocycles. The van der Waals surface area contributed by atoms with Crippen LogP contribution in [0.5, 0.6) is 0 Å². The molecule has 3 aromatic carbocycles. The van der Waals surface area contributed by atoms with Crippen LogP contribution >= 0.6 is 11.6 Å². The molecule has 172 valence electrons. The number of rotatable bonds is 10. The largest absolute Gasteiger partial charge is 0.354 e. The fourth-order valence-electron chi connectivity index (χ4n) is 3.72. The summed E-state index contributed by atoms with van der Waals surface area (Å²) < 4.78 is 0. The van der Waals surface area contributed by atoms with E-state index in [4.69, 9.17) is 11.6 Å². The lowest BCUT2D eigenvalue weighted by Gasteiger charge is -2.32. The van der Waals surface area contributed by atoms with Crippen LogP contribution in [0.25, 0.3) is 0 Å². The monoisotopic (exact) mass is 462 g/mol. The van der Waals surface area contributed by atoms with Gasteiger partial charge in [-0.1, -0.05) is 96.9 Å². The first-order chi connectivity index (χ1) is 16.0. The van der Waals surface area contributed by atoms with Crippen LogP contribution in [-0.2, 0) is 29.0 Å². The minimum atomic E-state index is -0.629. The van der Waals surface area contributed by atoms with Gasteiger partial charge in [0.2, 0.25) is 11.8 Å². The summed E-state index contributed by atoms with van der Waals surface area (Å²) in [7, 11) is 0. The molecule has 0 spiro atoms. The molecule has 3 rings (SSSR count). The molecule has 0 bridgehead atoms. The van der Waals surface area contributed by atoms with Crippen molar-refractivity contribution < 1.29 is 9.59 Å². The van der Waals surface area contributed by atoms with E-state index in [1.165, 1.54) is 0 Å². The number of nitrogens with one attached hydrogen (secondary N) is 1. The Hall–Kier alpha value is -3.11.